The van der Waals surface area contributed by atoms with Gasteiger partial charge in [-0.15, -0.1) is 46.2 Å². The molecule has 0 saturated carbocycles. The number of aryl methyl sites for hydroxylation is 4. The molecule has 68 heavy (non-hydrogen) atoms. The predicted octanol–water partition coefficient (Wildman–Crippen LogP) is 6.17. The van der Waals surface area contributed by atoms with E-state index in [4.69, 9.17) is 32.7 Å². The number of hydrogen-bond donors (Lipinski definition) is 0. The Bertz CT molecular complexity index is 2700. The molecule has 0 fully saturated rings. The molecule has 0 atom stereocenters. The molecule has 0 amide bonds. The van der Waals surface area contributed by atoms with Crippen molar-refractivity contribution in [1.29, 1.82) is 0 Å². The minimum Gasteiger partial charge on any atom is -1.00 e. The zero-order valence-corrected chi connectivity index (χ0v) is 47.2. The van der Waals surface area contributed by atoms with E-state index in [9.17, 15) is 19.2 Å². The van der Waals surface area contributed by atoms with Gasteiger partial charge in [-0.05, 0) is 113 Å². The Balaban J connectivity index is 0.00000432. The molecule has 3 aromatic carbocycles. The molecule has 7 rings (SSSR count). The highest BCUT2D eigenvalue weighted by atomic mass is 127. The lowest BCUT2D eigenvalue weighted by molar-refractivity contribution is -0.599. The van der Waals surface area contributed by atoms with Crippen LogP contribution in [0.2, 0.25) is 10.0 Å². The minimum atomic E-state index is -0.404. The van der Waals surface area contributed by atoms with Crippen molar-refractivity contribution in [3.8, 4) is 11.4 Å². The van der Waals surface area contributed by atoms with Crippen LogP contribution in [-0.2, 0) is 43.4 Å². The number of hydrogen-bond acceptors (Lipinski definition) is 10. The third-order valence-electron chi connectivity index (χ3n) is 10.3. The molecule has 4 heterocycles. The third kappa shape index (κ3) is 13.8. The summed E-state index contributed by atoms with van der Waals surface area (Å²) in [5, 5.41) is 1.06. The molecule has 0 aliphatic carbocycles. The van der Waals surface area contributed by atoms with Gasteiger partial charge in [0.25, 0.3) is 0 Å². The highest BCUT2D eigenvalue weighted by Gasteiger charge is 2.34. The van der Waals surface area contributed by atoms with Crippen LogP contribution >= 0.6 is 69.4 Å². The van der Waals surface area contributed by atoms with Gasteiger partial charge in [-0.25, -0.2) is 0 Å². The van der Waals surface area contributed by atoms with Gasteiger partial charge in [0.2, 0.25) is 22.9 Å². The first-order chi connectivity index (χ1) is 31.7. The number of esters is 2. The molecule has 8 nitrogen and oxygen atoms in total. The molecule has 0 aliphatic heterocycles. The normalized spacial score (nSPS) is 10.8. The number of rotatable bonds is 18. The van der Waals surface area contributed by atoms with E-state index in [1.807, 2.05) is 61.6 Å². The van der Waals surface area contributed by atoms with Gasteiger partial charge in [0.15, 0.2) is 24.8 Å². The van der Waals surface area contributed by atoms with Crippen LogP contribution in [0.15, 0.2) is 118 Å². The first kappa shape index (κ1) is 55.3. The molecule has 4 aromatic heterocycles. The van der Waals surface area contributed by atoms with Crippen LogP contribution < -0.4 is 57.1 Å². The van der Waals surface area contributed by atoms with E-state index >= 15 is 0 Å². The maximum atomic E-state index is 14.2. The Morgan fingerprint density at radius 3 is 1.16 bits per heavy atom. The van der Waals surface area contributed by atoms with Crippen molar-refractivity contribution in [2.75, 3.05) is 13.2 Å². The Morgan fingerprint density at radius 1 is 0.529 bits per heavy atom. The molecule has 0 spiro atoms. The van der Waals surface area contributed by atoms with E-state index < -0.39 is 11.9 Å². The summed E-state index contributed by atoms with van der Waals surface area (Å²) < 4.78 is 16.7. The number of carbonyl (C=O) groups is 4. The number of ketones is 2. The van der Waals surface area contributed by atoms with E-state index in [1.54, 1.807) is 85.9 Å². The number of thioether (sulfide) groups is 2. The molecule has 354 valence electrons. The average molecular weight is 1250 g/mol. The summed E-state index contributed by atoms with van der Waals surface area (Å²) in [4.78, 5) is 55.7. The lowest BCUT2D eigenvalue weighted by atomic mass is 10.0. The predicted molar refractivity (Wildman–Crippen MR) is 267 cm³/mol. The van der Waals surface area contributed by atoms with Crippen molar-refractivity contribution in [1.82, 2.24) is 0 Å². The van der Waals surface area contributed by atoms with Crippen molar-refractivity contribution >= 4 is 92.9 Å². The Labute approximate surface area is 458 Å². The second kappa shape index (κ2) is 25.5. The van der Waals surface area contributed by atoms with Gasteiger partial charge < -0.3 is 57.4 Å². The summed E-state index contributed by atoms with van der Waals surface area (Å²) in [5.74, 6) is 0.0272. The number of carbonyl (C=O) groups excluding carboxylic acids is 4. The fraction of sp³-hybridized carbons (Fsp3) is 0.231. The molecule has 0 N–H and O–H groups in total. The number of ether oxygens (including phenoxy) is 2. The molecule has 7 aromatic rings. The number of halogens is 4. The summed E-state index contributed by atoms with van der Waals surface area (Å²) in [6.45, 7) is 12.1. The molecule has 0 bridgehead atoms. The molecule has 0 radical (unpaired) electrons. The number of thiophene rings is 2. The van der Waals surface area contributed by atoms with Crippen molar-refractivity contribution in [3.05, 3.63) is 185 Å². The number of aromatic nitrogens is 2. The van der Waals surface area contributed by atoms with Gasteiger partial charge in [0, 0.05) is 54.9 Å². The second-order valence-corrected chi connectivity index (χ2v) is 21.1. The Hall–Kier alpha value is -3.62. The molecule has 0 aliphatic rings. The first-order valence-corrected chi connectivity index (χ1v) is 25.6. The molecule has 0 saturated heterocycles. The Kier molecular flexibility index (Phi) is 20.7. The molecule has 16 heteroatoms. The van der Waals surface area contributed by atoms with Crippen LogP contribution in [0.1, 0.15) is 88.8 Å². The first-order valence-electron chi connectivity index (χ1n) is 21.3. The summed E-state index contributed by atoms with van der Waals surface area (Å²) in [6.07, 6.45) is 7.96. The minimum absolute atomic E-state index is 0. The van der Waals surface area contributed by atoms with Crippen molar-refractivity contribution in [2.45, 2.75) is 74.3 Å². The van der Waals surface area contributed by atoms with E-state index in [0.29, 0.717) is 53.6 Å². The van der Waals surface area contributed by atoms with Crippen molar-refractivity contribution in [2.24, 2.45) is 0 Å². The summed E-state index contributed by atoms with van der Waals surface area (Å²) >= 11 is 18.4. The maximum absolute atomic E-state index is 14.2. The standard InChI is InChI=1S/C52H48Cl2N2O6S4.2HI/c1-7-61-43(57)23-41-45(55-25-31(3)21-32(4)26-55)51(65-49(41)47(59)37-13-17-39(53)18-14-37)63-29-35-9-11-36(12-10-35)30-64-52-46(56-27-33(5)22-34(6)28-56)42(24-44(58)62-8-2)50(66-52)48(60)38-15-19-40(54)20-16-38;;/h9-22,25-28H,7-8,23-24,29-30H2,1-6H3;2*1H/q+2;;/p-2. The number of pyridine rings is 2. The average Bonchev–Trinajstić information content (AvgIpc) is 3.82. The van der Waals surface area contributed by atoms with Crippen LogP contribution in [0.4, 0.5) is 0 Å². The van der Waals surface area contributed by atoms with Crippen LogP contribution in [0.3, 0.4) is 0 Å². The van der Waals surface area contributed by atoms with Crippen LogP contribution in [0, 0.1) is 27.7 Å². The summed E-state index contributed by atoms with van der Waals surface area (Å²) in [6, 6.07) is 26.2. The van der Waals surface area contributed by atoms with Gasteiger partial charge >= 0.3 is 11.9 Å². The number of nitrogens with zero attached hydrogens (tertiary/aromatic N) is 2. The van der Waals surface area contributed by atoms with Gasteiger partial charge in [-0.3, -0.25) is 19.2 Å². The Morgan fingerprint density at radius 2 is 0.853 bits per heavy atom. The maximum Gasteiger partial charge on any atom is 0.310 e. The fourth-order valence-electron chi connectivity index (χ4n) is 7.56. The van der Waals surface area contributed by atoms with Gasteiger partial charge in [0.1, 0.15) is 8.42 Å². The zero-order valence-electron chi connectivity index (χ0n) is 38.1. The largest absolute Gasteiger partial charge is 1.00 e. The quantitative estimate of drug-likeness (QED) is 0.0332. The molecular formula is C52H48Cl2I2N2O6S4. The van der Waals surface area contributed by atoms with Crippen LogP contribution in [0.5, 0.6) is 0 Å². The van der Waals surface area contributed by atoms with Crippen molar-refractivity contribution < 1.29 is 85.7 Å². The zero-order chi connectivity index (χ0) is 47.1. The highest BCUT2D eigenvalue weighted by Crippen LogP contribution is 2.42. The van der Waals surface area contributed by atoms with Crippen molar-refractivity contribution in [3.63, 3.8) is 0 Å². The SMILES string of the molecule is CCOC(=O)Cc1c(C(=O)c2ccc(Cl)cc2)sc(SCc2ccc(CSc3sc(C(=O)c4ccc(Cl)cc4)c(CC(=O)OCC)c3-[n+]3cc(C)cc(C)c3)cc2)c1-[n+]1cc(C)cc(C)c1.[I-].[I-]. The van der Waals surface area contributed by atoms with Gasteiger partial charge in [0.05, 0.1) is 46.9 Å². The molecule has 0 unspecified atom stereocenters. The second-order valence-electron chi connectivity index (χ2n) is 15.7. The fourth-order valence-corrected chi connectivity index (χ4v) is 12.9. The monoisotopic (exact) mass is 1250 g/mol. The van der Waals surface area contributed by atoms with Crippen LogP contribution in [0.25, 0.3) is 11.4 Å². The van der Waals surface area contributed by atoms with Gasteiger partial charge in [-0.2, -0.15) is 9.13 Å². The van der Waals surface area contributed by atoms with E-state index in [0.717, 1.165) is 53.2 Å². The summed E-state index contributed by atoms with van der Waals surface area (Å²) in [7, 11) is 0. The topological polar surface area (TPSA) is 94.5 Å². The summed E-state index contributed by atoms with van der Waals surface area (Å²) in [5.41, 5.74) is 10.1. The van der Waals surface area contributed by atoms with E-state index in [-0.39, 0.29) is 85.6 Å². The highest BCUT2D eigenvalue weighted by molar-refractivity contribution is 8.00. The number of benzene rings is 3. The van der Waals surface area contributed by atoms with E-state index in [1.165, 1.54) is 22.7 Å². The van der Waals surface area contributed by atoms with E-state index in [2.05, 4.69) is 36.4 Å². The lowest BCUT2D eigenvalue weighted by Gasteiger charge is -2.07. The molecular weight excluding hydrogens is 1200 g/mol. The third-order valence-corrected chi connectivity index (χ3v) is 15.9. The lowest BCUT2D eigenvalue weighted by Crippen LogP contribution is -3.00. The smallest absolute Gasteiger partial charge is 0.310 e. The van der Waals surface area contributed by atoms with Crippen LogP contribution in [-0.4, -0.2) is 36.7 Å². The van der Waals surface area contributed by atoms with Gasteiger partial charge in [-0.1, -0.05) is 47.5 Å².